The Morgan fingerprint density at radius 2 is 1.83 bits per heavy atom. The highest BCUT2D eigenvalue weighted by atomic mass is 16.5. The van der Waals surface area contributed by atoms with Crippen LogP contribution in [0.1, 0.15) is 43.6 Å². The number of amides is 1. The second-order valence-electron chi connectivity index (χ2n) is 7.06. The van der Waals surface area contributed by atoms with Crippen LogP contribution in [0.15, 0.2) is 24.3 Å². The van der Waals surface area contributed by atoms with Gasteiger partial charge in [-0.05, 0) is 45.4 Å². The molecule has 128 valence electrons. The van der Waals surface area contributed by atoms with E-state index in [2.05, 4.69) is 37.9 Å². The Morgan fingerprint density at radius 1 is 1.26 bits per heavy atom. The van der Waals surface area contributed by atoms with Gasteiger partial charge in [0.2, 0.25) is 0 Å². The lowest BCUT2D eigenvalue weighted by atomic mass is 10.00. The van der Waals surface area contributed by atoms with Crippen molar-refractivity contribution in [1.82, 2.24) is 10.2 Å². The van der Waals surface area contributed by atoms with Crippen molar-refractivity contribution in [3.8, 4) is 0 Å². The number of hydrogen-bond donors (Lipinski definition) is 2. The van der Waals surface area contributed by atoms with E-state index in [-0.39, 0.29) is 23.7 Å². The maximum atomic E-state index is 12.3. The van der Waals surface area contributed by atoms with E-state index >= 15 is 0 Å². The molecule has 0 spiro atoms. The highest BCUT2D eigenvalue weighted by Gasteiger charge is 2.33. The third kappa shape index (κ3) is 4.77. The summed E-state index contributed by atoms with van der Waals surface area (Å²) in [5.41, 5.74) is 7.16. The largest absolute Gasteiger partial charge is 0.373 e. The van der Waals surface area contributed by atoms with Crippen molar-refractivity contribution in [2.24, 2.45) is 5.73 Å². The first-order valence-electron chi connectivity index (χ1n) is 8.29. The van der Waals surface area contributed by atoms with Crippen molar-refractivity contribution in [1.29, 1.82) is 0 Å². The highest BCUT2D eigenvalue weighted by Crippen LogP contribution is 2.20. The molecular weight excluding hydrogens is 290 g/mol. The summed E-state index contributed by atoms with van der Waals surface area (Å²) in [5.74, 6) is -0.0454. The minimum atomic E-state index is -0.112. The summed E-state index contributed by atoms with van der Waals surface area (Å²) in [7, 11) is 0. The Hall–Kier alpha value is -1.43. The summed E-state index contributed by atoms with van der Waals surface area (Å²) < 4.78 is 5.79. The quantitative estimate of drug-likeness (QED) is 0.868. The molecule has 2 unspecified atom stereocenters. The van der Waals surface area contributed by atoms with E-state index in [1.165, 1.54) is 0 Å². The lowest BCUT2D eigenvalue weighted by molar-refractivity contribution is -0.0948. The molecule has 0 aromatic heterocycles. The van der Waals surface area contributed by atoms with E-state index in [1.54, 1.807) is 0 Å². The molecule has 0 saturated carbocycles. The zero-order chi connectivity index (χ0) is 17.0. The molecule has 1 heterocycles. The molecule has 2 rings (SSSR count). The average Bonchev–Trinajstić information content (AvgIpc) is 2.52. The molecule has 1 aromatic rings. The Kier molecular flexibility index (Phi) is 5.79. The van der Waals surface area contributed by atoms with Crippen LogP contribution in [0, 0.1) is 0 Å². The zero-order valence-electron chi connectivity index (χ0n) is 14.6. The second kappa shape index (κ2) is 7.43. The molecule has 3 N–H and O–H groups in total. The van der Waals surface area contributed by atoms with Crippen molar-refractivity contribution in [2.75, 3.05) is 19.6 Å². The maximum absolute atomic E-state index is 12.3. The van der Waals surface area contributed by atoms with E-state index in [0.717, 1.165) is 18.7 Å². The summed E-state index contributed by atoms with van der Waals surface area (Å²) in [5, 5.41) is 3.05. The van der Waals surface area contributed by atoms with Gasteiger partial charge >= 0.3 is 0 Å². The van der Waals surface area contributed by atoms with Gasteiger partial charge in [-0.15, -0.1) is 0 Å². The minimum Gasteiger partial charge on any atom is -0.373 e. The Morgan fingerprint density at radius 3 is 2.35 bits per heavy atom. The third-order valence-corrected chi connectivity index (χ3v) is 4.41. The lowest BCUT2D eigenvalue weighted by Gasteiger charge is -2.45. The number of carbonyl (C=O) groups is 1. The molecule has 0 aliphatic carbocycles. The van der Waals surface area contributed by atoms with E-state index < -0.39 is 0 Å². The molecule has 23 heavy (non-hydrogen) atoms. The zero-order valence-corrected chi connectivity index (χ0v) is 14.6. The standard InChI is InChI=1S/C18H29N3O2/c1-13-10-21(11-14(2)23-13)18(3,4)12-20-17(22)16-7-5-15(9-19)6-8-16/h5-8,13-14H,9-12,19H2,1-4H3,(H,20,22). The normalized spacial score (nSPS) is 22.8. The van der Waals surface area contributed by atoms with E-state index in [0.29, 0.717) is 18.7 Å². The van der Waals surface area contributed by atoms with Crippen LogP contribution in [-0.2, 0) is 11.3 Å². The first kappa shape index (κ1) is 17.9. The number of ether oxygens (including phenoxy) is 1. The van der Waals surface area contributed by atoms with Gasteiger partial charge in [0.25, 0.3) is 5.91 Å². The summed E-state index contributed by atoms with van der Waals surface area (Å²) in [6, 6.07) is 7.43. The molecule has 1 aromatic carbocycles. The fourth-order valence-corrected chi connectivity index (χ4v) is 2.97. The van der Waals surface area contributed by atoms with Gasteiger partial charge in [-0.25, -0.2) is 0 Å². The van der Waals surface area contributed by atoms with Gasteiger partial charge in [-0.3, -0.25) is 9.69 Å². The summed E-state index contributed by atoms with van der Waals surface area (Å²) in [6.45, 7) is 11.4. The molecule has 1 amide bonds. The second-order valence-corrected chi connectivity index (χ2v) is 7.06. The van der Waals surface area contributed by atoms with Crippen molar-refractivity contribution in [2.45, 2.75) is 52.0 Å². The van der Waals surface area contributed by atoms with Gasteiger partial charge in [-0.1, -0.05) is 12.1 Å². The van der Waals surface area contributed by atoms with Gasteiger partial charge in [0, 0.05) is 37.3 Å². The summed E-state index contributed by atoms with van der Waals surface area (Å²) in [4.78, 5) is 14.7. The molecule has 1 aliphatic rings. The predicted molar refractivity (Wildman–Crippen MR) is 92.3 cm³/mol. The van der Waals surface area contributed by atoms with E-state index in [9.17, 15) is 4.79 Å². The van der Waals surface area contributed by atoms with Gasteiger partial charge < -0.3 is 15.8 Å². The van der Waals surface area contributed by atoms with Crippen molar-refractivity contribution in [3.05, 3.63) is 35.4 Å². The van der Waals surface area contributed by atoms with E-state index in [1.807, 2.05) is 24.3 Å². The van der Waals surface area contributed by atoms with Crippen molar-refractivity contribution < 1.29 is 9.53 Å². The number of carbonyl (C=O) groups excluding carboxylic acids is 1. The van der Waals surface area contributed by atoms with Crippen LogP contribution in [0.5, 0.6) is 0 Å². The van der Waals surface area contributed by atoms with Gasteiger partial charge in [0.1, 0.15) is 0 Å². The fourth-order valence-electron chi connectivity index (χ4n) is 2.97. The number of nitrogens with two attached hydrogens (primary N) is 1. The minimum absolute atomic E-state index is 0.0454. The number of benzene rings is 1. The third-order valence-electron chi connectivity index (χ3n) is 4.41. The number of nitrogens with one attached hydrogen (secondary N) is 1. The van der Waals surface area contributed by atoms with Crippen LogP contribution >= 0.6 is 0 Å². The van der Waals surface area contributed by atoms with Crippen LogP contribution in [0.2, 0.25) is 0 Å². The molecule has 0 radical (unpaired) electrons. The summed E-state index contributed by atoms with van der Waals surface area (Å²) in [6.07, 6.45) is 0.440. The van der Waals surface area contributed by atoms with Crippen molar-refractivity contribution in [3.63, 3.8) is 0 Å². The molecule has 5 heteroatoms. The molecule has 1 aliphatic heterocycles. The maximum Gasteiger partial charge on any atom is 0.251 e. The molecule has 1 fully saturated rings. The van der Waals surface area contributed by atoms with Crippen LogP contribution in [0.3, 0.4) is 0 Å². The topological polar surface area (TPSA) is 67.6 Å². The summed E-state index contributed by atoms with van der Waals surface area (Å²) >= 11 is 0. The van der Waals surface area contributed by atoms with Crippen LogP contribution in [0.4, 0.5) is 0 Å². The van der Waals surface area contributed by atoms with Crippen molar-refractivity contribution >= 4 is 5.91 Å². The first-order chi connectivity index (χ1) is 10.8. The molecule has 5 nitrogen and oxygen atoms in total. The number of nitrogens with zero attached hydrogens (tertiary/aromatic N) is 1. The predicted octanol–water partition coefficient (Wildman–Crippen LogP) is 1.76. The average molecular weight is 319 g/mol. The van der Waals surface area contributed by atoms with Crippen LogP contribution < -0.4 is 11.1 Å². The Bertz CT molecular complexity index is 518. The van der Waals surface area contributed by atoms with E-state index in [4.69, 9.17) is 10.5 Å². The number of morpholine rings is 1. The molecule has 1 saturated heterocycles. The number of rotatable bonds is 5. The molecular formula is C18H29N3O2. The van der Waals surface area contributed by atoms with Gasteiger partial charge in [0.15, 0.2) is 0 Å². The smallest absolute Gasteiger partial charge is 0.251 e. The Labute approximate surface area is 139 Å². The SMILES string of the molecule is CC1CN(C(C)(C)CNC(=O)c2ccc(CN)cc2)CC(C)O1. The van der Waals surface area contributed by atoms with Crippen LogP contribution in [0.25, 0.3) is 0 Å². The monoisotopic (exact) mass is 319 g/mol. The fraction of sp³-hybridized carbons (Fsp3) is 0.611. The Balaban J connectivity index is 1.93. The number of hydrogen-bond acceptors (Lipinski definition) is 4. The van der Waals surface area contributed by atoms with Gasteiger partial charge in [0.05, 0.1) is 12.2 Å². The highest BCUT2D eigenvalue weighted by molar-refractivity contribution is 5.94. The molecule has 2 atom stereocenters. The van der Waals surface area contributed by atoms with Crippen LogP contribution in [-0.4, -0.2) is 48.2 Å². The van der Waals surface area contributed by atoms with Gasteiger partial charge in [-0.2, -0.15) is 0 Å². The molecule has 0 bridgehead atoms. The lowest BCUT2D eigenvalue weighted by Crippen LogP contribution is -2.58. The first-order valence-corrected chi connectivity index (χ1v) is 8.29.